The van der Waals surface area contributed by atoms with Gasteiger partial charge < -0.3 is 10.8 Å². The van der Waals surface area contributed by atoms with Crippen LogP contribution in [0.3, 0.4) is 0 Å². The van der Waals surface area contributed by atoms with Crippen molar-refractivity contribution in [2.75, 3.05) is 5.73 Å². The summed E-state index contributed by atoms with van der Waals surface area (Å²) in [6.07, 6.45) is 1.65. The maximum Gasteiger partial charge on any atom is 0.0853 e. The second kappa shape index (κ2) is 2.66. The number of nitrogens with two attached hydrogens (primary N) is 1. The predicted octanol–water partition coefficient (Wildman–Crippen LogP) is 0.465. The zero-order valence-corrected chi connectivity index (χ0v) is 5.83. The number of pyridine rings is 1. The predicted molar refractivity (Wildman–Crippen MR) is 39.3 cm³/mol. The van der Waals surface area contributed by atoms with Gasteiger partial charge in [-0.15, -0.1) is 0 Å². The number of aromatic nitrogens is 1. The lowest BCUT2D eigenvalue weighted by Gasteiger charge is -1.99. The number of hydrogen-bond acceptors (Lipinski definition) is 3. The SMILES string of the molecule is Cc1cnc(CO)cc1N. The van der Waals surface area contributed by atoms with Crippen LogP contribution < -0.4 is 5.73 Å². The van der Waals surface area contributed by atoms with Crippen molar-refractivity contribution in [2.45, 2.75) is 13.5 Å². The van der Waals surface area contributed by atoms with Crippen molar-refractivity contribution in [3.8, 4) is 0 Å². The van der Waals surface area contributed by atoms with Crippen molar-refractivity contribution in [1.82, 2.24) is 4.98 Å². The fourth-order valence-electron chi connectivity index (χ4n) is 0.671. The van der Waals surface area contributed by atoms with Crippen LogP contribution in [-0.2, 0) is 6.61 Å². The summed E-state index contributed by atoms with van der Waals surface area (Å²) >= 11 is 0. The Bertz CT molecular complexity index is 235. The minimum absolute atomic E-state index is 0.0511. The van der Waals surface area contributed by atoms with Gasteiger partial charge in [-0.3, -0.25) is 4.98 Å². The Balaban J connectivity index is 3.04. The molecule has 1 aromatic heterocycles. The van der Waals surface area contributed by atoms with Crippen LogP contribution in [0.25, 0.3) is 0 Å². The van der Waals surface area contributed by atoms with Gasteiger partial charge in [0.1, 0.15) is 0 Å². The molecule has 0 atom stereocenters. The van der Waals surface area contributed by atoms with Gasteiger partial charge in [-0.1, -0.05) is 0 Å². The van der Waals surface area contributed by atoms with Gasteiger partial charge >= 0.3 is 0 Å². The molecule has 3 N–H and O–H groups in total. The van der Waals surface area contributed by atoms with Crippen molar-refractivity contribution >= 4 is 5.69 Å². The summed E-state index contributed by atoms with van der Waals surface area (Å²) in [6, 6.07) is 1.68. The van der Waals surface area contributed by atoms with Gasteiger partial charge in [0.15, 0.2) is 0 Å². The van der Waals surface area contributed by atoms with E-state index in [0.717, 1.165) is 5.56 Å². The monoisotopic (exact) mass is 138 g/mol. The topological polar surface area (TPSA) is 59.1 Å². The summed E-state index contributed by atoms with van der Waals surface area (Å²) in [7, 11) is 0. The lowest BCUT2D eigenvalue weighted by atomic mass is 10.2. The molecule has 0 radical (unpaired) electrons. The second-order valence-electron chi connectivity index (χ2n) is 2.19. The number of hydrogen-bond donors (Lipinski definition) is 2. The highest BCUT2D eigenvalue weighted by Crippen LogP contribution is 2.09. The molecule has 1 aromatic rings. The van der Waals surface area contributed by atoms with Crippen molar-refractivity contribution in [3.05, 3.63) is 23.5 Å². The average Bonchev–Trinajstić information content (AvgIpc) is 1.95. The van der Waals surface area contributed by atoms with Crippen LogP contribution in [0.4, 0.5) is 5.69 Å². The Morgan fingerprint density at radius 3 is 2.90 bits per heavy atom. The van der Waals surface area contributed by atoms with Crippen LogP contribution in [-0.4, -0.2) is 10.1 Å². The molecule has 1 heterocycles. The Hall–Kier alpha value is -1.09. The average molecular weight is 138 g/mol. The maximum atomic E-state index is 8.63. The summed E-state index contributed by atoms with van der Waals surface area (Å²) in [5.74, 6) is 0. The van der Waals surface area contributed by atoms with E-state index in [4.69, 9.17) is 10.8 Å². The Morgan fingerprint density at radius 2 is 2.40 bits per heavy atom. The first-order valence-corrected chi connectivity index (χ1v) is 3.06. The Kier molecular flexibility index (Phi) is 1.87. The molecular weight excluding hydrogens is 128 g/mol. The third kappa shape index (κ3) is 1.25. The van der Waals surface area contributed by atoms with Gasteiger partial charge in [0.2, 0.25) is 0 Å². The molecular formula is C7H10N2O. The van der Waals surface area contributed by atoms with Crippen LogP contribution in [0.5, 0.6) is 0 Å². The van der Waals surface area contributed by atoms with Crippen LogP contribution >= 0.6 is 0 Å². The highest BCUT2D eigenvalue weighted by molar-refractivity contribution is 5.45. The first-order valence-electron chi connectivity index (χ1n) is 3.06. The zero-order valence-electron chi connectivity index (χ0n) is 5.83. The standard InChI is InChI=1S/C7H10N2O/c1-5-3-9-6(4-10)2-7(5)8/h2-3,10H,4H2,1H3,(H2,8,9). The first kappa shape index (κ1) is 7.02. The van der Waals surface area contributed by atoms with Crippen molar-refractivity contribution in [3.63, 3.8) is 0 Å². The molecule has 0 aliphatic heterocycles. The summed E-state index contributed by atoms with van der Waals surface area (Å²) in [5.41, 5.74) is 7.78. The molecule has 0 bridgehead atoms. The number of aliphatic hydroxyl groups excluding tert-OH is 1. The Labute approximate surface area is 59.5 Å². The van der Waals surface area contributed by atoms with E-state index in [9.17, 15) is 0 Å². The van der Waals surface area contributed by atoms with Crippen LogP contribution in [0.2, 0.25) is 0 Å². The molecule has 54 valence electrons. The fourth-order valence-corrected chi connectivity index (χ4v) is 0.671. The smallest absolute Gasteiger partial charge is 0.0853 e. The van der Waals surface area contributed by atoms with Gasteiger partial charge in [-0.2, -0.15) is 0 Å². The van der Waals surface area contributed by atoms with Crippen molar-refractivity contribution in [2.24, 2.45) is 0 Å². The molecule has 3 heteroatoms. The molecule has 0 aliphatic rings. The summed E-state index contributed by atoms with van der Waals surface area (Å²) in [6.45, 7) is 1.83. The number of anilines is 1. The van der Waals surface area contributed by atoms with Gasteiger partial charge in [0.25, 0.3) is 0 Å². The highest BCUT2D eigenvalue weighted by atomic mass is 16.3. The van der Waals surface area contributed by atoms with E-state index >= 15 is 0 Å². The molecule has 0 fully saturated rings. The van der Waals surface area contributed by atoms with E-state index < -0.39 is 0 Å². The number of aryl methyl sites for hydroxylation is 1. The molecule has 0 spiro atoms. The van der Waals surface area contributed by atoms with Crippen molar-refractivity contribution < 1.29 is 5.11 Å². The second-order valence-corrected chi connectivity index (χ2v) is 2.19. The Morgan fingerprint density at radius 1 is 1.70 bits per heavy atom. The third-order valence-electron chi connectivity index (χ3n) is 1.36. The van der Waals surface area contributed by atoms with Crippen LogP contribution in [0.15, 0.2) is 12.3 Å². The largest absolute Gasteiger partial charge is 0.398 e. The minimum atomic E-state index is -0.0511. The molecule has 0 aliphatic carbocycles. The number of rotatable bonds is 1. The quantitative estimate of drug-likeness (QED) is 0.592. The number of nitrogens with zero attached hydrogens (tertiary/aromatic N) is 1. The van der Waals surface area contributed by atoms with Gasteiger partial charge in [0, 0.05) is 11.9 Å². The third-order valence-corrected chi connectivity index (χ3v) is 1.36. The normalized spacial score (nSPS) is 9.80. The van der Waals surface area contributed by atoms with Gasteiger partial charge in [0.05, 0.1) is 12.3 Å². The lowest BCUT2D eigenvalue weighted by Crippen LogP contribution is -1.95. The molecule has 10 heavy (non-hydrogen) atoms. The van der Waals surface area contributed by atoms with Gasteiger partial charge in [-0.25, -0.2) is 0 Å². The molecule has 0 saturated heterocycles. The number of aliphatic hydroxyl groups is 1. The fraction of sp³-hybridized carbons (Fsp3) is 0.286. The molecule has 0 saturated carbocycles. The zero-order chi connectivity index (χ0) is 7.56. The van der Waals surface area contributed by atoms with Crippen LogP contribution in [0, 0.1) is 6.92 Å². The lowest BCUT2D eigenvalue weighted by molar-refractivity contribution is 0.277. The minimum Gasteiger partial charge on any atom is -0.398 e. The highest BCUT2D eigenvalue weighted by Gasteiger charge is 1.95. The van der Waals surface area contributed by atoms with Crippen LogP contribution in [0.1, 0.15) is 11.3 Å². The molecule has 3 nitrogen and oxygen atoms in total. The van der Waals surface area contributed by atoms with E-state index in [2.05, 4.69) is 4.98 Å². The molecule has 0 unspecified atom stereocenters. The van der Waals surface area contributed by atoms with E-state index in [0.29, 0.717) is 11.4 Å². The molecule has 0 aromatic carbocycles. The summed E-state index contributed by atoms with van der Waals surface area (Å²) in [5, 5.41) is 8.63. The number of nitrogen functional groups attached to an aromatic ring is 1. The van der Waals surface area contributed by atoms with E-state index in [-0.39, 0.29) is 6.61 Å². The van der Waals surface area contributed by atoms with E-state index in [1.165, 1.54) is 0 Å². The first-order chi connectivity index (χ1) is 4.74. The van der Waals surface area contributed by atoms with E-state index in [1.807, 2.05) is 6.92 Å². The summed E-state index contributed by atoms with van der Waals surface area (Å²) in [4.78, 5) is 3.93. The maximum absolute atomic E-state index is 8.63. The van der Waals surface area contributed by atoms with Gasteiger partial charge in [-0.05, 0) is 18.6 Å². The van der Waals surface area contributed by atoms with Crippen molar-refractivity contribution in [1.29, 1.82) is 0 Å². The van der Waals surface area contributed by atoms with E-state index in [1.54, 1.807) is 12.3 Å². The summed E-state index contributed by atoms with van der Waals surface area (Å²) < 4.78 is 0. The molecule has 0 amide bonds. The molecule has 1 rings (SSSR count).